The molecule has 0 amide bonds. The van der Waals surface area contributed by atoms with E-state index in [1.807, 2.05) is 0 Å². The molecule has 0 aromatic rings. The molecule has 0 radical (unpaired) electrons. The van der Waals surface area contributed by atoms with E-state index >= 15 is 0 Å². The minimum absolute atomic E-state index is 0.394. The van der Waals surface area contributed by atoms with Gasteiger partial charge < -0.3 is 5.32 Å². The zero-order valence-electron chi connectivity index (χ0n) is 13.7. The Bertz CT molecular complexity index is 277. The van der Waals surface area contributed by atoms with Crippen LogP contribution >= 0.6 is 0 Å². The van der Waals surface area contributed by atoms with Gasteiger partial charge in [-0.1, -0.05) is 34.1 Å². The predicted molar refractivity (Wildman–Crippen MR) is 83.4 cm³/mol. The second kappa shape index (κ2) is 6.13. The molecule has 1 saturated heterocycles. The molecule has 0 aromatic heterocycles. The van der Waals surface area contributed by atoms with Crippen LogP contribution in [0.3, 0.4) is 0 Å². The first-order valence-corrected chi connectivity index (χ1v) is 8.32. The third-order valence-electron chi connectivity index (χ3n) is 5.02. The van der Waals surface area contributed by atoms with E-state index in [-0.39, 0.29) is 0 Å². The Hall–Kier alpha value is -0.0800. The molecule has 1 N–H and O–H groups in total. The van der Waals surface area contributed by atoms with E-state index in [0.717, 1.165) is 24.4 Å². The SMILES string of the molecule is CC1CC(NCC(C)(C)C)CN(C(C)C2CCC2)C1. The number of likely N-dealkylation sites (tertiary alicyclic amines) is 1. The molecular formula is C17H34N2. The van der Waals surface area contributed by atoms with Gasteiger partial charge in [-0.15, -0.1) is 0 Å². The van der Waals surface area contributed by atoms with Crippen LogP contribution in [0, 0.1) is 17.3 Å². The lowest BCUT2D eigenvalue weighted by molar-refractivity contribution is 0.0540. The van der Waals surface area contributed by atoms with Crippen molar-refractivity contribution in [3.63, 3.8) is 0 Å². The first-order chi connectivity index (χ1) is 8.85. The van der Waals surface area contributed by atoms with Crippen LogP contribution in [0.5, 0.6) is 0 Å². The summed E-state index contributed by atoms with van der Waals surface area (Å²) in [5.41, 5.74) is 0.394. The van der Waals surface area contributed by atoms with Crippen LogP contribution in [0.2, 0.25) is 0 Å². The lowest BCUT2D eigenvalue weighted by Gasteiger charge is -2.45. The molecule has 3 unspecified atom stereocenters. The molecule has 1 aliphatic heterocycles. The largest absolute Gasteiger partial charge is 0.312 e. The Morgan fingerprint density at radius 2 is 1.89 bits per heavy atom. The zero-order valence-corrected chi connectivity index (χ0v) is 13.7. The van der Waals surface area contributed by atoms with Crippen molar-refractivity contribution in [3.8, 4) is 0 Å². The van der Waals surface area contributed by atoms with Crippen molar-refractivity contribution >= 4 is 0 Å². The maximum atomic E-state index is 3.81. The summed E-state index contributed by atoms with van der Waals surface area (Å²) >= 11 is 0. The van der Waals surface area contributed by atoms with Crippen molar-refractivity contribution in [2.75, 3.05) is 19.6 Å². The number of hydrogen-bond donors (Lipinski definition) is 1. The molecule has 2 rings (SSSR count). The molecule has 1 heterocycles. The smallest absolute Gasteiger partial charge is 0.0198 e. The molecule has 0 bridgehead atoms. The predicted octanol–water partition coefficient (Wildman–Crippen LogP) is 3.52. The highest BCUT2D eigenvalue weighted by atomic mass is 15.2. The minimum Gasteiger partial charge on any atom is -0.312 e. The normalized spacial score (nSPS) is 32.1. The summed E-state index contributed by atoms with van der Waals surface area (Å²) < 4.78 is 0. The highest BCUT2D eigenvalue weighted by Crippen LogP contribution is 2.33. The van der Waals surface area contributed by atoms with Crippen molar-refractivity contribution < 1.29 is 0 Å². The second-order valence-corrected chi connectivity index (χ2v) is 8.36. The van der Waals surface area contributed by atoms with E-state index in [4.69, 9.17) is 0 Å². The third kappa shape index (κ3) is 4.46. The lowest BCUT2D eigenvalue weighted by atomic mass is 9.78. The minimum atomic E-state index is 0.394. The molecule has 2 heteroatoms. The first-order valence-electron chi connectivity index (χ1n) is 8.32. The van der Waals surface area contributed by atoms with Crippen molar-refractivity contribution in [2.24, 2.45) is 17.3 Å². The molecule has 1 aliphatic carbocycles. The Morgan fingerprint density at radius 3 is 2.42 bits per heavy atom. The monoisotopic (exact) mass is 266 g/mol. The number of rotatable bonds is 4. The van der Waals surface area contributed by atoms with E-state index in [2.05, 4.69) is 44.8 Å². The topological polar surface area (TPSA) is 15.3 Å². The van der Waals surface area contributed by atoms with E-state index < -0.39 is 0 Å². The number of nitrogens with one attached hydrogen (secondary N) is 1. The Morgan fingerprint density at radius 1 is 1.21 bits per heavy atom. The molecule has 0 aromatic carbocycles. The second-order valence-electron chi connectivity index (χ2n) is 8.36. The number of hydrogen-bond acceptors (Lipinski definition) is 2. The average molecular weight is 266 g/mol. The molecule has 2 aliphatic rings. The van der Waals surface area contributed by atoms with Gasteiger partial charge in [-0.3, -0.25) is 4.90 Å². The summed E-state index contributed by atoms with van der Waals surface area (Å²) in [5, 5.41) is 3.81. The van der Waals surface area contributed by atoms with Gasteiger partial charge in [0.25, 0.3) is 0 Å². The van der Waals surface area contributed by atoms with Crippen molar-refractivity contribution in [1.82, 2.24) is 10.2 Å². The van der Waals surface area contributed by atoms with Crippen LogP contribution in [0.15, 0.2) is 0 Å². The van der Waals surface area contributed by atoms with Gasteiger partial charge in [-0.05, 0) is 43.4 Å². The van der Waals surface area contributed by atoms with Gasteiger partial charge in [-0.2, -0.15) is 0 Å². The third-order valence-corrected chi connectivity index (χ3v) is 5.02. The summed E-state index contributed by atoms with van der Waals surface area (Å²) in [6.45, 7) is 15.6. The van der Waals surface area contributed by atoms with Crippen molar-refractivity contribution in [2.45, 2.75) is 72.4 Å². The Balaban J connectivity index is 1.84. The summed E-state index contributed by atoms with van der Waals surface area (Å²) in [6.07, 6.45) is 5.74. The van der Waals surface area contributed by atoms with Crippen LogP contribution in [0.25, 0.3) is 0 Å². The fourth-order valence-electron chi connectivity index (χ4n) is 3.54. The first kappa shape index (κ1) is 15.3. The Labute approximate surface area is 120 Å². The molecular weight excluding hydrogens is 232 g/mol. The average Bonchev–Trinajstić information content (AvgIpc) is 2.22. The fraction of sp³-hybridized carbons (Fsp3) is 1.00. The summed E-state index contributed by atoms with van der Waals surface area (Å²) in [5.74, 6) is 1.82. The highest BCUT2D eigenvalue weighted by Gasteiger charge is 2.33. The Kier molecular flexibility index (Phi) is 4.94. The molecule has 19 heavy (non-hydrogen) atoms. The quantitative estimate of drug-likeness (QED) is 0.837. The van der Waals surface area contributed by atoms with E-state index in [1.165, 1.54) is 38.8 Å². The van der Waals surface area contributed by atoms with Crippen molar-refractivity contribution in [3.05, 3.63) is 0 Å². The van der Waals surface area contributed by atoms with Gasteiger partial charge in [0.15, 0.2) is 0 Å². The maximum Gasteiger partial charge on any atom is 0.0198 e. The van der Waals surface area contributed by atoms with Gasteiger partial charge in [0, 0.05) is 31.7 Å². The van der Waals surface area contributed by atoms with Gasteiger partial charge >= 0.3 is 0 Å². The van der Waals surface area contributed by atoms with E-state index in [0.29, 0.717) is 11.5 Å². The van der Waals surface area contributed by atoms with Crippen LogP contribution in [0.1, 0.15) is 60.3 Å². The van der Waals surface area contributed by atoms with Gasteiger partial charge in [0.2, 0.25) is 0 Å². The molecule has 0 spiro atoms. The summed E-state index contributed by atoms with van der Waals surface area (Å²) in [6, 6.07) is 1.50. The fourth-order valence-corrected chi connectivity index (χ4v) is 3.54. The maximum absolute atomic E-state index is 3.81. The van der Waals surface area contributed by atoms with Gasteiger partial charge in [-0.25, -0.2) is 0 Å². The van der Waals surface area contributed by atoms with E-state index in [1.54, 1.807) is 0 Å². The molecule has 3 atom stereocenters. The van der Waals surface area contributed by atoms with Crippen LogP contribution in [-0.2, 0) is 0 Å². The lowest BCUT2D eigenvalue weighted by Crippen LogP contribution is -2.54. The van der Waals surface area contributed by atoms with Gasteiger partial charge in [0.05, 0.1) is 0 Å². The van der Waals surface area contributed by atoms with E-state index in [9.17, 15) is 0 Å². The van der Waals surface area contributed by atoms with Crippen LogP contribution in [-0.4, -0.2) is 36.6 Å². The summed E-state index contributed by atoms with van der Waals surface area (Å²) in [7, 11) is 0. The summed E-state index contributed by atoms with van der Waals surface area (Å²) in [4.78, 5) is 2.76. The zero-order chi connectivity index (χ0) is 14.0. The van der Waals surface area contributed by atoms with Gasteiger partial charge in [0.1, 0.15) is 0 Å². The van der Waals surface area contributed by atoms with Crippen LogP contribution in [0.4, 0.5) is 0 Å². The molecule has 2 fully saturated rings. The molecule has 1 saturated carbocycles. The molecule has 112 valence electrons. The standard InChI is InChI=1S/C17H34N2/c1-13-9-16(18-12-17(3,4)5)11-19(10-13)14(2)15-7-6-8-15/h13-16,18H,6-12H2,1-5H3. The number of piperidine rings is 1. The number of nitrogens with zero attached hydrogens (tertiary/aromatic N) is 1. The molecule has 2 nitrogen and oxygen atoms in total. The highest BCUT2D eigenvalue weighted by molar-refractivity contribution is 4.89. The van der Waals surface area contributed by atoms with Crippen molar-refractivity contribution in [1.29, 1.82) is 0 Å². The van der Waals surface area contributed by atoms with Crippen LogP contribution < -0.4 is 5.32 Å².